The van der Waals surface area contributed by atoms with Gasteiger partial charge in [-0.05, 0) is 30.2 Å². The van der Waals surface area contributed by atoms with Crippen LogP contribution in [-0.2, 0) is 19.6 Å². The van der Waals surface area contributed by atoms with E-state index < -0.39 is 0 Å². The van der Waals surface area contributed by atoms with E-state index >= 15 is 0 Å². The van der Waals surface area contributed by atoms with Gasteiger partial charge in [-0.1, -0.05) is 47.2 Å². The van der Waals surface area contributed by atoms with Crippen LogP contribution >= 0.6 is 0 Å². The molecule has 0 spiro atoms. The number of hydrogen-bond acceptors (Lipinski definition) is 3. The molecule has 0 saturated heterocycles. The van der Waals surface area contributed by atoms with Crippen molar-refractivity contribution < 1.29 is 9.50 Å². The van der Waals surface area contributed by atoms with Crippen molar-refractivity contribution in [2.75, 3.05) is 0 Å². The third-order valence-electron chi connectivity index (χ3n) is 3.81. The van der Waals surface area contributed by atoms with Crippen LogP contribution in [-0.4, -0.2) is 20.1 Å². The Morgan fingerprint density at radius 1 is 1.00 bits per heavy atom. The fourth-order valence-corrected chi connectivity index (χ4v) is 2.47. The fraction of sp³-hybridized carbons (Fsp3) is 0.222. The fourth-order valence-electron chi connectivity index (χ4n) is 2.47. The third kappa shape index (κ3) is 3.63. The molecule has 0 saturated carbocycles. The van der Waals surface area contributed by atoms with E-state index in [4.69, 9.17) is 0 Å². The zero-order chi connectivity index (χ0) is 16.2. The van der Waals surface area contributed by atoms with Crippen molar-refractivity contribution in [1.82, 2.24) is 15.0 Å². The summed E-state index contributed by atoms with van der Waals surface area (Å²) >= 11 is 0. The van der Waals surface area contributed by atoms with Crippen molar-refractivity contribution in [3.05, 3.63) is 82.4 Å². The summed E-state index contributed by atoms with van der Waals surface area (Å²) < 4.78 is 14.8. The molecule has 2 aromatic carbocycles. The first-order valence-electron chi connectivity index (χ1n) is 7.48. The van der Waals surface area contributed by atoms with Crippen molar-refractivity contribution in [3.8, 4) is 0 Å². The minimum absolute atomic E-state index is 0.162. The monoisotopic (exact) mass is 311 g/mol. The first kappa shape index (κ1) is 15.4. The summed E-state index contributed by atoms with van der Waals surface area (Å²) in [5.74, 6) is -0.262. The highest BCUT2D eigenvalue weighted by atomic mass is 19.1. The van der Waals surface area contributed by atoms with E-state index in [1.54, 1.807) is 16.8 Å². The van der Waals surface area contributed by atoms with Gasteiger partial charge in [0.25, 0.3) is 0 Å². The second kappa shape index (κ2) is 6.71. The first-order valence-corrected chi connectivity index (χ1v) is 7.48. The van der Waals surface area contributed by atoms with Gasteiger partial charge < -0.3 is 5.11 Å². The number of aliphatic hydroxyl groups is 1. The molecule has 1 N–H and O–H groups in total. The summed E-state index contributed by atoms with van der Waals surface area (Å²) in [5, 5.41) is 17.7. The van der Waals surface area contributed by atoms with E-state index in [9.17, 15) is 9.50 Å². The summed E-state index contributed by atoms with van der Waals surface area (Å²) in [6.07, 6.45) is 0.551. The lowest BCUT2D eigenvalue weighted by Crippen LogP contribution is -2.08. The van der Waals surface area contributed by atoms with Gasteiger partial charge in [-0.25, -0.2) is 9.07 Å². The zero-order valence-electron chi connectivity index (χ0n) is 12.9. The highest BCUT2D eigenvalue weighted by molar-refractivity contribution is 5.26. The van der Waals surface area contributed by atoms with Crippen LogP contribution in [0.15, 0.2) is 48.5 Å². The Morgan fingerprint density at radius 2 is 1.65 bits per heavy atom. The molecule has 0 aliphatic heterocycles. The Hall–Kier alpha value is -2.53. The second-order valence-electron chi connectivity index (χ2n) is 5.59. The van der Waals surface area contributed by atoms with Crippen LogP contribution in [0.5, 0.6) is 0 Å². The largest absolute Gasteiger partial charge is 0.390 e. The molecule has 4 nitrogen and oxygen atoms in total. The number of rotatable bonds is 5. The van der Waals surface area contributed by atoms with E-state index in [0.717, 1.165) is 16.8 Å². The Bertz CT molecular complexity index is 779. The summed E-state index contributed by atoms with van der Waals surface area (Å²) in [6.45, 7) is 2.47. The molecule has 0 bridgehead atoms. The number of nitrogens with zero attached hydrogens (tertiary/aromatic N) is 3. The van der Waals surface area contributed by atoms with Crippen LogP contribution in [0.2, 0.25) is 0 Å². The molecule has 1 heterocycles. The van der Waals surface area contributed by atoms with Crippen molar-refractivity contribution in [2.45, 2.75) is 26.5 Å². The molecule has 23 heavy (non-hydrogen) atoms. The highest BCUT2D eigenvalue weighted by Gasteiger charge is 2.13. The topological polar surface area (TPSA) is 50.9 Å². The maximum atomic E-state index is 13.0. The summed E-state index contributed by atoms with van der Waals surface area (Å²) in [6, 6.07) is 14.6. The van der Waals surface area contributed by atoms with Crippen molar-refractivity contribution >= 4 is 0 Å². The van der Waals surface area contributed by atoms with E-state index in [1.165, 1.54) is 17.7 Å². The molecule has 5 heteroatoms. The maximum absolute atomic E-state index is 13.0. The lowest BCUT2D eigenvalue weighted by Gasteiger charge is -2.08. The lowest BCUT2D eigenvalue weighted by atomic mass is 10.1. The summed E-state index contributed by atoms with van der Waals surface area (Å²) in [7, 11) is 0. The van der Waals surface area contributed by atoms with E-state index in [1.807, 2.05) is 6.92 Å². The van der Waals surface area contributed by atoms with Crippen LogP contribution < -0.4 is 0 Å². The molecule has 0 aliphatic rings. The molecule has 1 aromatic heterocycles. The minimum Gasteiger partial charge on any atom is -0.390 e. The van der Waals surface area contributed by atoms with Gasteiger partial charge in [0.15, 0.2) is 0 Å². The molecule has 118 valence electrons. The average molecular weight is 311 g/mol. The lowest BCUT2D eigenvalue weighted by molar-refractivity contribution is 0.275. The molecule has 3 aromatic rings. The predicted octanol–water partition coefficient (Wildman–Crippen LogP) is 2.86. The van der Waals surface area contributed by atoms with Crippen molar-refractivity contribution in [1.29, 1.82) is 0 Å². The van der Waals surface area contributed by atoms with E-state index in [0.29, 0.717) is 18.7 Å². The molecular weight excluding hydrogens is 293 g/mol. The van der Waals surface area contributed by atoms with Gasteiger partial charge in [0.1, 0.15) is 11.5 Å². The van der Waals surface area contributed by atoms with Crippen LogP contribution in [0.3, 0.4) is 0 Å². The van der Waals surface area contributed by atoms with Gasteiger partial charge in [-0.3, -0.25) is 0 Å². The zero-order valence-corrected chi connectivity index (χ0v) is 12.9. The minimum atomic E-state index is -0.262. The van der Waals surface area contributed by atoms with E-state index in [2.05, 4.69) is 34.6 Å². The standard InChI is InChI=1S/C18H18FN3O/c1-13-2-4-15(5-3-13)11-22-18(17(12-23)20-21-22)10-14-6-8-16(19)9-7-14/h2-9,23H,10-12H2,1H3. The van der Waals surface area contributed by atoms with Crippen LogP contribution in [0.1, 0.15) is 28.1 Å². The van der Waals surface area contributed by atoms with Crippen molar-refractivity contribution in [3.63, 3.8) is 0 Å². The number of aromatic nitrogens is 3. The highest BCUT2D eigenvalue weighted by Crippen LogP contribution is 2.15. The number of hydrogen-bond donors (Lipinski definition) is 1. The van der Waals surface area contributed by atoms with Crippen LogP contribution in [0.25, 0.3) is 0 Å². The Morgan fingerprint density at radius 3 is 2.30 bits per heavy atom. The Balaban J connectivity index is 1.87. The first-order chi connectivity index (χ1) is 11.2. The number of halogens is 1. The van der Waals surface area contributed by atoms with E-state index in [-0.39, 0.29) is 12.4 Å². The van der Waals surface area contributed by atoms with Gasteiger partial charge in [0.05, 0.1) is 18.8 Å². The van der Waals surface area contributed by atoms with Gasteiger partial charge in [-0.2, -0.15) is 0 Å². The molecule has 0 aliphatic carbocycles. The molecule has 0 atom stereocenters. The third-order valence-corrected chi connectivity index (χ3v) is 3.81. The maximum Gasteiger partial charge on any atom is 0.123 e. The molecule has 0 radical (unpaired) electrons. The van der Waals surface area contributed by atoms with Gasteiger partial charge in [0.2, 0.25) is 0 Å². The van der Waals surface area contributed by atoms with Gasteiger partial charge >= 0.3 is 0 Å². The van der Waals surface area contributed by atoms with Crippen LogP contribution in [0, 0.1) is 12.7 Å². The van der Waals surface area contributed by atoms with Crippen LogP contribution in [0.4, 0.5) is 4.39 Å². The summed E-state index contributed by atoms with van der Waals surface area (Å²) in [4.78, 5) is 0. The smallest absolute Gasteiger partial charge is 0.123 e. The van der Waals surface area contributed by atoms with Crippen molar-refractivity contribution in [2.24, 2.45) is 0 Å². The SMILES string of the molecule is Cc1ccc(Cn2nnc(CO)c2Cc2ccc(F)cc2)cc1. The molecule has 3 rings (SSSR count). The number of aryl methyl sites for hydroxylation is 1. The average Bonchev–Trinajstić information content (AvgIpc) is 2.93. The van der Waals surface area contributed by atoms with Gasteiger partial charge in [-0.15, -0.1) is 5.10 Å². The number of benzene rings is 2. The number of aliphatic hydroxyl groups excluding tert-OH is 1. The molecule has 0 amide bonds. The predicted molar refractivity (Wildman–Crippen MR) is 85.4 cm³/mol. The Labute approximate surface area is 134 Å². The normalized spacial score (nSPS) is 10.9. The summed E-state index contributed by atoms with van der Waals surface area (Å²) in [5.41, 5.74) is 4.68. The quantitative estimate of drug-likeness (QED) is 0.788. The molecule has 0 unspecified atom stereocenters. The second-order valence-corrected chi connectivity index (χ2v) is 5.59. The molecule has 0 fully saturated rings. The molecular formula is C18H18FN3O. The van der Waals surface area contributed by atoms with Gasteiger partial charge in [0, 0.05) is 6.42 Å². The Kier molecular flexibility index (Phi) is 4.48.